The van der Waals surface area contributed by atoms with Crippen LogP contribution in [0.3, 0.4) is 0 Å². The minimum absolute atomic E-state index is 0.507. The molecule has 0 radical (unpaired) electrons. The van der Waals surface area contributed by atoms with Gasteiger partial charge in [-0.05, 0) is 56.2 Å². The van der Waals surface area contributed by atoms with Crippen molar-refractivity contribution >= 4 is 17.6 Å². The molecule has 0 saturated heterocycles. The van der Waals surface area contributed by atoms with Crippen LogP contribution in [0, 0.1) is 5.41 Å². The first-order valence-electron chi connectivity index (χ1n) is 7.42. The molecule has 0 atom stereocenters. The van der Waals surface area contributed by atoms with Crippen molar-refractivity contribution in [3.8, 4) is 0 Å². The second-order valence-electron chi connectivity index (χ2n) is 6.56. The lowest BCUT2D eigenvalue weighted by molar-refractivity contribution is -0.146. The van der Waals surface area contributed by atoms with Gasteiger partial charge in [0.2, 0.25) is 0 Å². The molecule has 0 unspecified atom stereocenters. The Kier molecular flexibility index (Phi) is 4.74. The van der Waals surface area contributed by atoms with Crippen LogP contribution in [0.5, 0.6) is 0 Å². The van der Waals surface area contributed by atoms with E-state index < -0.39 is 11.4 Å². The molecule has 0 heterocycles. The van der Waals surface area contributed by atoms with Crippen LogP contribution in [0.1, 0.15) is 63.0 Å². The molecule has 1 N–H and O–H groups in total. The summed E-state index contributed by atoms with van der Waals surface area (Å²) in [5.41, 5.74) is 1.49. The summed E-state index contributed by atoms with van der Waals surface area (Å²) >= 11 is 6.42. The van der Waals surface area contributed by atoms with Gasteiger partial charge in [-0.2, -0.15) is 0 Å². The number of hydrogen-bond acceptors (Lipinski definition) is 1. The molecule has 110 valence electrons. The van der Waals surface area contributed by atoms with Crippen molar-refractivity contribution in [1.29, 1.82) is 0 Å². The second-order valence-corrected chi connectivity index (χ2v) is 6.96. The molecule has 1 aromatic carbocycles. The number of carboxylic acid groups (broad SMARTS) is 1. The molecule has 2 nitrogen and oxygen atoms in total. The fraction of sp³-hybridized carbons (Fsp3) is 0.588. The summed E-state index contributed by atoms with van der Waals surface area (Å²) in [6, 6.07) is 6.10. The Balaban J connectivity index is 2.15. The molecule has 0 bridgehead atoms. The van der Waals surface area contributed by atoms with E-state index in [0.29, 0.717) is 12.3 Å². The van der Waals surface area contributed by atoms with Crippen molar-refractivity contribution in [2.45, 2.75) is 58.3 Å². The van der Waals surface area contributed by atoms with Crippen LogP contribution in [0.25, 0.3) is 0 Å². The van der Waals surface area contributed by atoms with Crippen molar-refractivity contribution < 1.29 is 9.90 Å². The first-order valence-corrected chi connectivity index (χ1v) is 7.79. The van der Waals surface area contributed by atoms with E-state index in [1.165, 1.54) is 37.7 Å². The van der Waals surface area contributed by atoms with E-state index in [9.17, 15) is 9.90 Å². The Morgan fingerprint density at radius 1 is 1.30 bits per heavy atom. The summed E-state index contributed by atoms with van der Waals surface area (Å²) in [4.78, 5) is 11.2. The summed E-state index contributed by atoms with van der Waals surface area (Å²) < 4.78 is 0. The van der Waals surface area contributed by atoms with Crippen molar-refractivity contribution in [2.24, 2.45) is 5.41 Å². The number of carboxylic acids is 1. The lowest BCUT2D eigenvalue weighted by atomic mass is 9.82. The van der Waals surface area contributed by atoms with Gasteiger partial charge >= 0.3 is 5.97 Å². The largest absolute Gasteiger partial charge is 0.481 e. The van der Waals surface area contributed by atoms with Crippen LogP contribution in [0.2, 0.25) is 5.02 Å². The predicted molar refractivity (Wildman–Crippen MR) is 82.4 cm³/mol. The number of hydrogen-bond donors (Lipinski definition) is 1. The average molecular weight is 295 g/mol. The summed E-state index contributed by atoms with van der Waals surface area (Å²) in [6.07, 6.45) is 6.86. The van der Waals surface area contributed by atoms with Crippen molar-refractivity contribution in [3.05, 3.63) is 34.3 Å². The minimum Gasteiger partial charge on any atom is -0.481 e. The Morgan fingerprint density at radius 3 is 2.50 bits per heavy atom. The van der Waals surface area contributed by atoms with Crippen LogP contribution in [0.4, 0.5) is 0 Å². The van der Waals surface area contributed by atoms with Crippen LogP contribution < -0.4 is 0 Å². The third-order valence-electron chi connectivity index (χ3n) is 4.33. The number of benzene rings is 1. The van der Waals surface area contributed by atoms with E-state index in [-0.39, 0.29) is 0 Å². The van der Waals surface area contributed by atoms with E-state index in [1.54, 1.807) is 13.8 Å². The maximum atomic E-state index is 11.2. The standard InChI is InChI=1S/C17H23ClO2/c1-17(2,16(19)20)11-12-8-9-14(15(18)10-12)13-6-4-3-5-7-13/h8-10,13H,3-7,11H2,1-2H3,(H,19,20). The van der Waals surface area contributed by atoms with Crippen LogP contribution in [-0.4, -0.2) is 11.1 Å². The van der Waals surface area contributed by atoms with Crippen LogP contribution in [0.15, 0.2) is 18.2 Å². The normalized spacial score (nSPS) is 17.1. The molecule has 1 aromatic rings. The molecular weight excluding hydrogens is 272 g/mol. The topological polar surface area (TPSA) is 37.3 Å². The molecule has 1 aliphatic carbocycles. The van der Waals surface area contributed by atoms with Gasteiger partial charge in [0, 0.05) is 5.02 Å². The van der Waals surface area contributed by atoms with Crippen LogP contribution in [-0.2, 0) is 11.2 Å². The number of rotatable bonds is 4. The van der Waals surface area contributed by atoms with Gasteiger partial charge in [0.15, 0.2) is 0 Å². The Hall–Kier alpha value is -1.02. The van der Waals surface area contributed by atoms with Gasteiger partial charge in [-0.15, -0.1) is 0 Å². The van der Waals surface area contributed by atoms with Crippen molar-refractivity contribution in [3.63, 3.8) is 0 Å². The maximum Gasteiger partial charge on any atom is 0.309 e. The molecular formula is C17H23ClO2. The SMILES string of the molecule is CC(C)(Cc1ccc(C2CCCCC2)c(Cl)c1)C(=O)O. The smallest absolute Gasteiger partial charge is 0.309 e. The first-order chi connectivity index (χ1) is 9.40. The molecule has 0 aromatic heterocycles. The minimum atomic E-state index is -0.773. The van der Waals surface area contributed by atoms with Gasteiger partial charge in [0.1, 0.15) is 0 Å². The molecule has 3 heteroatoms. The van der Waals surface area contributed by atoms with E-state index in [4.69, 9.17) is 11.6 Å². The fourth-order valence-corrected chi connectivity index (χ4v) is 3.37. The van der Waals surface area contributed by atoms with E-state index in [0.717, 1.165) is 10.6 Å². The lowest BCUT2D eigenvalue weighted by Gasteiger charge is -2.24. The predicted octanol–water partition coefficient (Wildman–Crippen LogP) is 5.04. The summed E-state index contributed by atoms with van der Waals surface area (Å²) in [5.74, 6) is -0.192. The van der Waals surface area contributed by atoms with Gasteiger partial charge in [-0.3, -0.25) is 4.79 Å². The molecule has 1 saturated carbocycles. The highest BCUT2D eigenvalue weighted by molar-refractivity contribution is 6.31. The molecule has 2 rings (SSSR count). The van der Waals surface area contributed by atoms with Crippen molar-refractivity contribution in [1.82, 2.24) is 0 Å². The second kappa shape index (κ2) is 6.17. The van der Waals surface area contributed by atoms with Gasteiger partial charge in [0.05, 0.1) is 5.41 Å². The Bertz CT molecular complexity index is 488. The molecule has 0 amide bonds. The maximum absolute atomic E-state index is 11.2. The quantitative estimate of drug-likeness (QED) is 0.844. The molecule has 20 heavy (non-hydrogen) atoms. The van der Waals surface area contributed by atoms with Crippen LogP contribution >= 0.6 is 11.6 Å². The van der Waals surface area contributed by atoms with Gasteiger partial charge in [-0.25, -0.2) is 0 Å². The van der Waals surface area contributed by atoms with Gasteiger partial charge < -0.3 is 5.11 Å². The third kappa shape index (κ3) is 3.54. The Morgan fingerprint density at radius 2 is 1.95 bits per heavy atom. The Labute approximate surface area is 126 Å². The number of aliphatic carboxylic acids is 1. The highest BCUT2D eigenvalue weighted by Gasteiger charge is 2.27. The highest BCUT2D eigenvalue weighted by Crippen LogP contribution is 2.37. The average Bonchev–Trinajstić information content (AvgIpc) is 2.39. The molecule has 0 aliphatic heterocycles. The summed E-state index contributed by atoms with van der Waals surface area (Å²) in [5, 5.41) is 10.00. The zero-order valence-corrected chi connectivity index (χ0v) is 13.0. The summed E-state index contributed by atoms with van der Waals surface area (Å²) in [7, 11) is 0. The summed E-state index contributed by atoms with van der Waals surface area (Å²) in [6.45, 7) is 3.50. The number of halogens is 1. The van der Waals surface area contributed by atoms with E-state index in [1.807, 2.05) is 12.1 Å². The highest BCUT2D eigenvalue weighted by atomic mass is 35.5. The first kappa shape index (κ1) is 15.4. The monoisotopic (exact) mass is 294 g/mol. The van der Waals surface area contributed by atoms with Gasteiger partial charge in [0.25, 0.3) is 0 Å². The fourth-order valence-electron chi connectivity index (χ4n) is 3.01. The molecule has 1 fully saturated rings. The molecule has 0 spiro atoms. The number of carbonyl (C=O) groups is 1. The molecule has 1 aliphatic rings. The van der Waals surface area contributed by atoms with E-state index >= 15 is 0 Å². The van der Waals surface area contributed by atoms with Gasteiger partial charge in [-0.1, -0.05) is 43.0 Å². The third-order valence-corrected chi connectivity index (χ3v) is 4.66. The van der Waals surface area contributed by atoms with E-state index in [2.05, 4.69) is 6.07 Å². The lowest BCUT2D eigenvalue weighted by Crippen LogP contribution is -2.26. The van der Waals surface area contributed by atoms with Crippen molar-refractivity contribution in [2.75, 3.05) is 0 Å². The zero-order valence-electron chi connectivity index (χ0n) is 12.3. The zero-order chi connectivity index (χ0) is 14.8.